The summed E-state index contributed by atoms with van der Waals surface area (Å²) in [4.78, 5) is 94.3. The summed E-state index contributed by atoms with van der Waals surface area (Å²) in [6.45, 7) is 3.93. The molecular weight excluding hydrogens is 1660 g/mol. The molecule has 0 bridgehead atoms. The molecule has 4 fully saturated rings. The monoisotopic (exact) mass is 1720 g/mol. The maximum atomic E-state index is 12.2. The Bertz CT molecular complexity index is 5210. The second kappa shape index (κ2) is 35.1. The summed E-state index contributed by atoms with van der Waals surface area (Å²) in [6.07, 6.45) is 30.5. The molecule has 3 saturated carbocycles. The number of rotatable bonds is 14. The van der Waals surface area contributed by atoms with Gasteiger partial charge in [-0.1, -0.05) is 46.4 Å². The molecule has 10 N–H and O–H groups in total. The first-order valence-corrected chi connectivity index (χ1v) is 34.3. The Kier molecular flexibility index (Phi) is 26.2. The van der Waals surface area contributed by atoms with E-state index in [0.717, 1.165) is 44.1 Å². The number of aromatic nitrogens is 24. The number of anilines is 6. The SMILES string of the molecule is CCOC(=O)NC(=S)Nc1nccnc1Cl.CCS(=O)(=O)N1CC(CC#N)(n2cc(-c3nccn4nc(NC(=O)C5CC5)nc34)cn2)C1.Nc1nc2c(Cl)nccn2n1.Nc1nccnc1Cl.O=C(Nc1nc2c(-c3cn[nH]c3)nccn2n1)C1CC1.O=C(Nc1nc2c(Cl)nccn2n1)C1CC1.[CH3-].[W]. The number of hydrogen-bond acceptors (Lipinski definition) is 29. The molecule has 13 heterocycles. The molecule has 0 radical (unpaired) electrons. The number of nitrogens with zero attached hydrogens (tertiary/aromatic N) is 25. The number of H-pyrrole nitrogens is 1. The second-order valence-corrected chi connectivity index (χ2v) is 26.3. The van der Waals surface area contributed by atoms with Gasteiger partial charge >= 0.3 is 6.09 Å². The van der Waals surface area contributed by atoms with Crippen LogP contribution in [0.1, 0.15) is 58.8 Å². The quantitative estimate of drug-likeness (QED) is 0.0478. The van der Waals surface area contributed by atoms with Crippen LogP contribution in [0.2, 0.25) is 20.6 Å². The van der Waals surface area contributed by atoms with Crippen LogP contribution < -0.4 is 38.1 Å². The number of carbonyl (C=O) groups excluding carboxylic acids is 4. The standard InChI is InChI=1S/C19H21N9O3S.C12H11N7O.C9H8ClN5O.C8H9ClN4O2S.C5H4ClN5.C4H4ClN3.CH3.W/c1-2-32(30,31)26-11-19(12-26,5-6-20)28-10-14(9-22-28)15-16-23-18(24-17(29)13-3-4-13)25-27(16)8-7-21-15;20-11(7-1-2-7)17-12-16-10-9(8-5-14-15-6-8)13-3-4-19(10)18-12;10-6-7-12-9(13-8(16)5-1-2-5)14-15(7)4-3-11-6;1-2-15-8(14)13-7(16)12-6-5(9)10-3-4-11-6;6-3-4-9-5(7)10-11(4)2-1-8-3;5-3-4(6)8-2-1-7-3;;/h7-10,13H,2-5,11-12H2,1H3,(H,24,25,29);3-7H,1-2H2,(H,14,15)(H,17,18,20);3-5H,1-2H2,(H,13,14,16);3-4H,2H2,1H3,(H2,11,12,13,14,16);1-2H,(H2,7,10);1-2H,(H2,6,8);1H3;/q;;;;;;-1;. The Labute approximate surface area is 634 Å². The molecule has 40 nitrogen and oxygen atoms in total. The van der Waals surface area contributed by atoms with Crippen LogP contribution in [0.5, 0.6) is 0 Å². The predicted octanol–water partition coefficient (Wildman–Crippen LogP) is 5.69. The molecule has 0 spiro atoms. The topological polar surface area (TPSA) is 521 Å². The van der Waals surface area contributed by atoms with Gasteiger partial charge < -0.3 is 28.9 Å². The third-order valence-corrected chi connectivity index (χ3v) is 17.9. The van der Waals surface area contributed by atoms with Gasteiger partial charge in [0.1, 0.15) is 16.9 Å². The van der Waals surface area contributed by atoms with E-state index >= 15 is 0 Å². The number of nitrogens with one attached hydrogen (secondary N) is 6. The maximum Gasteiger partial charge on any atom is 0.413 e. The summed E-state index contributed by atoms with van der Waals surface area (Å²) in [7, 11) is -3.33. The van der Waals surface area contributed by atoms with Gasteiger partial charge in [0, 0.05) is 150 Å². The summed E-state index contributed by atoms with van der Waals surface area (Å²) in [5, 5.41) is 50.9. The van der Waals surface area contributed by atoms with E-state index in [1.165, 1.54) is 55.0 Å². The fourth-order valence-corrected chi connectivity index (χ4v) is 11.2. The minimum atomic E-state index is -3.33. The van der Waals surface area contributed by atoms with Crippen molar-refractivity contribution in [2.75, 3.05) is 58.2 Å². The van der Waals surface area contributed by atoms with Crippen LogP contribution in [-0.4, -0.2) is 185 Å². The minimum Gasteiger partial charge on any atom is -0.450 e. The number of aromatic amines is 1. The fourth-order valence-electron chi connectivity index (χ4n) is 9.16. The zero-order chi connectivity index (χ0) is 73.0. The van der Waals surface area contributed by atoms with E-state index in [-0.39, 0.29) is 146 Å². The number of nitriles is 1. The average Bonchev–Trinajstić information content (AvgIpc) is 1.72. The van der Waals surface area contributed by atoms with Crippen LogP contribution in [0.4, 0.5) is 40.2 Å². The van der Waals surface area contributed by atoms with Crippen molar-refractivity contribution >= 4 is 156 Å². The maximum absolute atomic E-state index is 12.2. The second-order valence-electron chi connectivity index (χ2n) is 22.2. The zero-order valence-electron chi connectivity index (χ0n) is 55.2. The Hall–Kier alpha value is -10.8. The number of amides is 4. The molecule has 4 amide bonds. The van der Waals surface area contributed by atoms with Crippen LogP contribution in [0.15, 0.2) is 99.1 Å². The molecular formula is C58H60Cl4N33O7S2W-. The van der Waals surface area contributed by atoms with Gasteiger partial charge in [-0.25, -0.2) is 61.2 Å². The van der Waals surface area contributed by atoms with Crippen molar-refractivity contribution in [1.82, 2.24) is 128 Å². The van der Waals surface area contributed by atoms with E-state index in [0.29, 0.717) is 50.6 Å². The summed E-state index contributed by atoms with van der Waals surface area (Å²) in [5.41, 5.74) is 14.4. The number of thiocarbonyl (C=S) groups is 1. The smallest absolute Gasteiger partial charge is 0.413 e. The normalized spacial score (nSPS) is 13.9. The molecule has 3 aliphatic carbocycles. The van der Waals surface area contributed by atoms with Gasteiger partial charge in [0.05, 0.1) is 37.2 Å². The van der Waals surface area contributed by atoms with Crippen LogP contribution in [0.3, 0.4) is 0 Å². The van der Waals surface area contributed by atoms with Crippen LogP contribution in [-0.2, 0) is 55.7 Å². The van der Waals surface area contributed by atoms with E-state index in [2.05, 4.69) is 133 Å². The van der Waals surface area contributed by atoms with Gasteiger partial charge in [-0.15, -0.1) is 20.4 Å². The van der Waals surface area contributed by atoms with Gasteiger partial charge in [-0.05, 0) is 64.6 Å². The molecule has 1 aliphatic heterocycles. The molecule has 16 rings (SSSR count). The first-order chi connectivity index (χ1) is 49.6. The Morgan fingerprint density at radius 1 is 0.629 bits per heavy atom. The van der Waals surface area contributed by atoms with Gasteiger partial charge in [0.25, 0.3) is 0 Å². The number of fused-ring (bicyclic) bond motifs is 4. The molecule has 12 aromatic rings. The van der Waals surface area contributed by atoms with Crippen molar-refractivity contribution in [2.24, 2.45) is 17.8 Å². The fraction of sp³-hybridized carbons (Fsp3) is 0.293. The minimum absolute atomic E-state index is 0. The Morgan fingerprint density at radius 2 is 1.10 bits per heavy atom. The Balaban J connectivity index is 0.000000153. The molecule has 0 atom stereocenters. The molecule has 47 heteroatoms. The van der Waals surface area contributed by atoms with Crippen molar-refractivity contribution in [3.05, 3.63) is 127 Å². The first kappa shape index (κ1) is 78.3. The van der Waals surface area contributed by atoms with Crippen molar-refractivity contribution in [3.8, 4) is 28.6 Å². The van der Waals surface area contributed by atoms with E-state index in [4.69, 9.17) is 70.1 Å². The number of carbonyl (C=O) groups is 4. The van der Waals surface area contributed by atoms with Gasteiger partial charge in [0.2, 0.25) is 51.5 Å². The Morgan fingerprint density at radius 3 is 1.54 bits per heavy atom. The third-order valence-electron chi connectivity index (χ3n) is 14.8. The largest absolute Gasteiger partial charge is 0.450 e. The molecule has 0 aromatic carbocycles. The van der Waals surface area contributed by atoms with Gasteiger partial charge in [-0.2, -0.15) is 39.7 Å². The number of ether oxygens (including phenoxy) is 1. The van der Waals surface area contributed by atoms with Crippen molar-refractivity contribution in [3.63, 3.8) is 0 Å². The first-order valence-electron chi connectivity index (χ1n) is 30.8. The van der Waals surface area contributed by atoms with Crippen molar-refractivity contribution in [1.29, 1.82) is 5.26 Å². The van der Waals surface area contributed by atoms with E-state index in [1.807, 2.05) is 0 Å². The van der Waals surface area contributed by atoms with Crippen LogP contribution >= 0.6 is 58.6 Å². The predicted molar refractivity (Wildman–Crippen MR) is 381 cm³/mol. The summed E-state index contributed by atoms with van der Waals surface area (Å²) < 4.78 is 38.1. The average molecular weight is 1720 g/mol. The molecule has 105 heavy (non-hydrogen) atoms. The van der Waals surface area contributed by atoms with Crippen LogP contribution in [0.25, 0.3) is 45.1 Å². The van der Waals surface area contributed by atoms with E-state index < -0.39 is 21.7 Å². The number of hydrogen-bond donors (Lipinski definition) is 8. The number of sulfonamides is 1. The molecule has 1 saturated heterocycles. The number of nitrogens with two attached hydrogens (primary N) is 2. The summed E-state index contributed by atoms with van der Waals surface area (Å²) in [6, 6.07) is 2.15. The van der Waals surface area contributed by atoms with E-state index in [9.17, 15) is 32.9 Å². The molecule has 4 aliphatic rings. The van der Waals surface area contributed by atoms with Crippen LogP contribution in [0, 0.1) is 36.5 Å². The van der Waals surface area contributed by atoms with Gasteiger partial charge in [0.15, 0.2) is 59.9 Å². The van der Waals surface area contributed by atoms with E-state index in [1.54, 1.807) is 85.0 Å². The molecule has 546 valence electrons. The molecule has 0 unspecified atom stereocenters. The molecule has 12 aromatic heterocycles. The van der Waals surface area contributed by atoms with Crippen molar-refractivity contribution in [2.45, 2.75) is 64.3 Å². The van der Waals surface area contributed by atoms with Crippen molar-refractivity contribution < 1.29 is 53.4 Å². The summed E-state index contributed by atoms with van der Waals surface area (Å²) in [5.74, 6) is 1.69. The van der Waals surface area contributed by atoms with Gasteiger partial charge in [-0.3, -0.25) is 55.4 Å². The zero-order valence-corrected chi connectivity index (χ0v) is 62.8. The summed E-state index contributed by atoms with van der Waals surface area (Å²) >= 11 is 27.5. The third kappa shape index (κ3) is 20.1. The number of alkyl carbamates (subject to hydrolysis) is 1. The number of nitrogen functional groups attached to an aromatic ring is 2. The number of halogens is 4.